The van der Waals surface area contributed by atoms with Gasteiger partial charge in [0.1, 0.15) is 17.9 Å². The average Bonchev–Trinajstić information content (AvgIpc) is 3.43. The Morgan fingerprint density at radius 3 is 2.81 bits per heavy atom. The molecule has 0 spiro atoms. The predicted octanol–water partition coefficient (Wildman–Crippen LogP) is 3.61. The van der Waals surface area contributed by atoms with Gasteiger partial charge in [-0.05, 0) is 67.3 Å². The molecule has 3 aromatic rings. The maximum atomic E-state index is 12.9. The third-order valence-electron chi connectivity index (χ3n) is 7.38. The maximum Gasteiger partial charge on any atom is 0.255 e. The minimum absolute atomic E-state index is 0.0507. The fourth-order valence-electron chi connectivity index (χ4n) is 5.57. The number of aromatic nitrogens is 1. The lowest BCUT2D eigenvalue weighted by Crippen LogP contribution is -2.52. The number of carbonyl (C=O) groups is 3. The molecule has 3 aliphatic rings. The molecule has 8 nitrogen and oxygen atoms in total. The number of rotatable bonds is 5. The molecule has 190 valence electrons. The minimum Gasteiger partial charge on any atom is -0.489 e. The fourth-order valence-corrected chi connectivity index (χ4v) is 5.87. The summed E-state index contributed by atoms with van der Waals surface area (Å²) >= 11 is 6.45. The third kappa shape index (κ3) is 4.67. The van der Waals surface area contributed by atoms with Crippen LogP contribution in [0.1, 0.15) is 46.4 Å². The number of ether oxygens (including phenoxy) is 1. The summed E-state index contributed by atoms with van der Waals surface area (Å²) in [6, 6.07) is 13.0. The fraction of sp³-hybridized carbons (Fsp3) is 0.357. The lowest BCUT2D eigenvalue weighted by Gasteiger charge is -2.29. The van der Waals surface area contributed by atoms with E-state index in [1.165, 1.54) is 5.56 Å². The Bertz CT molecular complexity index is 1440. The Morgan fingerprint density at radius 2 is 1.97 bits per heavy atom. The van der Waals surface area contributed by atoms with E-state index in [0.717, 1.165) is 59.0 Å². The van der Waals surface area contributed by atoms with Crippen molar-refractivity contribution in [3.63, 3.8) is 0 Å². The molecule has 9 heteroatoms. The number of piperidine rings is 1. The number of imide groups is 1. The molecule has 4 heterocycles. The zero-order valence-corrected chi connectivity index (χ0v) is 21.3. The molecular formula is C28H27ClN4O4. The van der Waals surface area contributed by atoms with Crippen LogP contribution in [0.4, 0.5) is 0 Å². The second kappa shape index (κ2) is 9.43. The predicted molar refractivity (Wildman–Crippen MR) is 138 cm³/mol. The Kier molecular flexibility index (Phi) is 6.09. The number of fused-ring (bicyclic) bond motifs is 2. The number of hydrogen-bond donors (Lipinski definition) is 1. The second-order valence-electron chi connectivity index (χ2n) is 10.1. The van der Waals surface area contributed by atoms with E-state index in [1.807, 2.05) is 31.2 Å². The van der Waals surface area contributed by atoms with E-state index in [2.05, 4.69) is 27.3 Å². The highest BCUT2D eigenvalue weighted by molar-refractivity contribution is 6.35. The number of benzene rings is 2. The van der Waals surface area contributed by atoms with Crippen molar-refractivity contribution in [2.24, 2.45) is 0 Å². The van der Waals surface area contributed by atoms with E-state index in [1.54, 1.807) is 11.0 Å². The quantitative estimate of drug-likeness (QED) is 0.519. The van der Waals surface area contributed by atoms with Gasteiger partial charge in [0, 0.05) is 49.2 Å². The monoisotopic (exact) mass is 518 g/mol. The molecule has 0 radical (unpaired) electrons. The molecule has 1 N–H and O–H groups in total. The van der Waals surface area contributed by atoms with Crippen LogP contribution in [0, 0.1) is 6.92 Å². The summed E-state index contributed by atoms with van der Waals surface area (Å²) in [6.45, 7) is 4.81. The lowest BCUT2D eigenvalue weighted by molar-refractivity contribution is -0.136. The standard InChI is InChI=1S/C28H27ClN4O4/c1-16-10-23(29)22-11-17(2-5-24(22)30-16)13-32-9-8-20(15-32)37-19-3-4-21-18(12-19)14-33(28(21)36)25-6-7-26(34)31-27(25)35/h2-5,10-12,20,25H,6-9,13-15H2,1H3,(H,31,34,35). The summed E-state index contributed by atoms with van der Waals surface area (Å²) < 4.78 is 6.30. The Hall–Kier alpha value is -3.49. The van der Waals surface area contributed by atoms with Gasteiger partial charge in [-0.2, -0.15) is 0 Å². The molecule has 6 rings (SSSR count). The first-order valence-electron chi connectivity index (χ1n) is 12.6. The molecule has 2 fully saturated rings. The van der Waals surface area contributed by atoms with Crippen molar-refractivity contribution in [2.75, 3.05) is 13.1 Å². The van der Waals surface area contributed by atoms with Crippen LogP contribution in [0.3, 0.4) is 0 Å². The van der Waals surface area contributed by atoms with Gasteiger partial charge >= 0.3 is 0 Å². The van der Waals surface area contributed by atoms with Crippen molar-refractivity contribution < 1.29 is 19.1 Å². The van der Waals surface area contributed by atoms with Gasteiger partial charge in [0.05, 0.1) is 10.5 Å². The molecule has 0 saturated carbocycles. The number of likely N-dealkylation sites (tertiary alicyclic amines) is 1. The van der Waals surface area contributed by atoms with Gasteiger partial charge in [-0.3, -0.25) is 29.6 Å². The van der Waals surface area contributed by atoms with E-state index in [9.17, 15) is 14.4 Å². The van der Waals surface area contributed by atoms with Crippen LogP contribution in [0.5, 0.6) is 5.75 Å². The van der Waals surface area contributed by atoms with Crippen LogP contribution >= 0.6 is 11.6 Å². The first-order valence-corrected chi connectivity index (χ1v) is 12.9. The molecule has 0 aliphatic carbocycles. The normalized spacial score (nSPS) is 22.0. The number of halogens is 1. The number of amides is 3. The van der Waals surface area contributed by atoms with Crippen molar-refractivity contribution >= 4 is 40.2 Å². The molecule has 3 amide bonds. The Morgan fingerprint density at radius 1 is 1.11 bits per heavy atom. The van der Waals surface area contributed by atoms with E-state index in [-0.39, 0.29) is 24.3 Å². The topological polar surface area (TPSA) is 91.8 Å². The van der Waals surface area contributed by atoms with Crippen molar-refractivity contribution in [3.8, 4) is 5.75 Å². The van der Waals surface area contributed by atoms with E-state index < -0.39 is 11.9 Å². The van der Waals surface area contributed by atoms with Gasteiger partial charge in [0.25, 0.3) is 5.91 Å². The van der Waals surface area contributed by atoms with Gasteiger partial charge < -0.3 is 9.64 Å². The summed E-state index contributed by atoms with van der Waals surface area (Å²) in [7, 11) is 0. The number of pyridine rings is 1. The molecule has 2 saturated heterocycles. The molecule has 3 aliphatic heterocycles. The Balaban J connectivity index is 1.09. The third-order valence-corrected chi connectivity index (χ3v) is 7.70. The maximum absolute atomic E-state index is 12.9. The van der Waals surface area contributed by atoms with Crippen molar-refractivity contribution in [2.45, 2.75) is 51.4 Å². The highest BCUT2D eigenvalue weighted by Gasteiger charge is 2.39. The second-order valence-corrected chi connectivity index (χ2v) is 10.5. The van der Waals surface area contributed by atoms with Crippen LogP contribution in [-0.4, -0.2) is 57.7 Å². The van der Waals surface area contributed by atoms with E-state index in [0.29, 0.717) is 18.5 Å². The van der Waals surface area contributed by atoms with Gasteiger partial charge in [-0.15, -0.1) is 0 Å². The lowest BCUT2D eigenvalue weighted by atomic mass is 10.0. The summed E-state index contributed by atoms with van der Waals surface area (Å²) in [5.41, 5.74) is 4.43. The smallest absolute Gasteiger partial charge is 0.255 e. The SMILES string of the molecule is Cc1cc(Cl)c2cc(CN3CCC(Oc4ccc5c(c4)CN(C4CCC(=O)NC4=O)C5=O)C3)ccc2n1. The van der Waals surface area contributed by atoms with Crippen molar-refractivity contribution in [1.82, 2.24) is 20.1 Å². The Labute approximate surface area is 219 Å². The number of carbonyl (C=O) groups excluding carboxylic acids is 3. The minimum atomic E-state index is -0.616. The zero-order valence-electron chi connectivity index (χ0n) is 20.5. The van der Waals surface area contributed by atoms with Crippen LogP contribution in [0.2, 0.25) is 5.02 Å². The molecule has 2 aromatic carbocycles. The van der Waals surface area contributed by atoms with Crippen LogP contribution in [0.15, 0.2) is 42.5 Å². The molecule has 0 bridgehead atoms. The molecule has 37 heavy (non-hydrogen) atoms. The van der Waals surface area contributed by atoms with Crippen LogP contribution in [0.25, 0.3) is 10.9 Å². The van der Waals surface area contributed by atoms with Crippen LogP contribution in [-0.2, 0) is 22.7 Å². The average molecular weight is 519 g/mol. The summed E-state index contributed by atoms with van der Waals surface area (Å²) in [6.07, 6.45) is 1.56. The summed E-state index contributed by atoms with van der Waals surface area (Å²) in [5.74, 6) is -0.144. The molecule has 2 atom stereocenters. The van der Waals surface area contributed by atoms with Crippen LogP contribution < -0.4 is 10.1 Å². The van der Waals surface area contributed by atoms with Gasteiger partial charge in [-0.1, -0.05) is 17.7 Å². The molecule has 1 aromatic heterocycles. The number of hydrogen-bond acceptors (Lipinski definition) is 6. The van der Waals surface area contributed by atoms with E-state index in [4.69, 9.17) is 16.3 Å². The van der Waals surface area contributed by atoms with Crippen molar-refractivity contribution in [3.05, 3.63) is 69.9 Å². The first-order chi connectivity index (χ1) is 17.8. The van der Waals surface area contributed by atoms with E-state index >= 15 is 0 Å². The highest BCUT2D eigenvalue weighted by atomic mass is 35.5. The molecular weight excluding hydrogens is 492 g/mol. The number of aryl methyl sites for hydroxylation is 1. The summed E-state index contributed by atoms with van der Waals surface area (Å²) in [4.78, 5) is 45.2. The van der Waals surface area contributed by atoms with Crippen molar-refractivity contribution in [1.29, 1.82) is 0 Å². The van der Waals surface area contributed by atoms with Gasteiger partial charge in [0.2, 0.25) is 11.8 Å². The number of nitrogens with one attached hydrogen (secondary N) is 1. The zero-order chi connectivity index (χ0) is 25.7. The molecule has 2 unspecified atom stereocenters. The summed E-state index contributed by atoms with van der Waals surface area (Å²) in [5, 5.41) is 4.03. The highest BCUT2D eigenvalue weighted by Crippen LogP contribution is 2.31. The van der Waals surface area contributed by atoms with Gasteiger partial charge in [0.15, 0.2) is 0 Å². The first kappa shape index (κ1) is 23.9. The largest absolute Gasteiger partial charge is 0.489 e. The number of nitrogens with zero attached hydrogens (tertiary/aromatic N) is 3. The van der Waals surface area contributed by atoms with Gasteiger partial charge in [-0.25, -0.2) is 0 Å².